The zero-order valence-corrected chi connectivity index (χ0v) is 16.7. The summed E-state index contributed by atoms with van der Waals surface area (Å²) in [4.78, 5) is 12.2. The molecule has 0 aliphatic rings. The molecule has 1 aromatic heterocycles. The Labute approximate surface area is 170 Å². The minimum atomic E-state index is -0.130. The lowest BCUT2D eigenvalue weighted by atomic mass is 10.1. The number of anilines is 2. The fourth-order valence-electron chi connectivity index (χ4n) is 2.75. The van der Waals surface area contributed by atoms with Crippen LogP contribution in [0, 0.1) is 6.92 Å². The minimum Gasteiger partial charge on any atom is -0.493 e. The molecule has 0 radical (unpaired) electrons. The second-order valence-corrected chi connectivity index (χ2v) is 6.56. The highest BCUT2D eigenvalue weighted by Gasteiger charge is 2.07. The van der Waals surface area contributed by atoms with E-state index in [1.807, 2.05) is 49.4 Å². The second-order valence-electron chi connectivity index (χ2n) is 6.56. The van der Waals surface area contributed by atoms with Gasteiger partial charge in [0.2, 0.25) is 5.91 Å². The zero-order chi connectivity index (χ0) is 20.6. The van der Waals surface area contributed by atoms with Crippen LogP contribution >= 0.6 is 0 Å². The van der Waals surface area contributed by atoms with E-state index in [9.17, 15) is 4.79 Å². The van der Waals surface area contributed by atoms with Crippen LogP contribution in [-0.2, 0) is 17.8 Å². The van der Waals surface area contributed by atoms with Gasteiger partial charge in [-0.15, -0.1) is 10.2 Å². The summed E-state index contributed by atoms with van der Waals surface area (Å²) in [6.07, 6.45) is 0.293. The van der Waals surface area contributed by atoms with Crippen molar-refractivity contribution in [3.8, 4) is 11.5 Å². The third-order valence-electron chi connectivity index (χ3n) is 4.34. The molecule has 150 valence electrons. The summed E-state index contributed by atoms with van der Waals surface area (Å²) in [7, 11) is 3.21. The van der Waals surface area contributed by atoms with E-state index in [0.717, 1.165) is 16.7 Å². The van der Waals surface area contributed by atoms with Crippen LogP contribution in [-0.4, -0.2) is 30.3 Å². The number of hydrogen-bond acceptors (Lipinski definition) is 6. The molecule has 0 bridgehead atoms. The Hall–Kier alpha value is -3.61. The van der Waals surface area contributed by atoms with E-state index in [0.29, 0.717) is 36.1 Å². The molecule has 2 aromatic carbocycles. The van der Waals surface area contributed by atoms with E-state index < -0.39 is 0 Å². The summed E-state index contributed by atoms with van der Waals surface area (Å²) in [5.41, 5.74) is 3.13. The number of methoxy groups -OCH3 is 2. The lowest BCUT2D eigenvalue weighted by Crippen LogP contribution is -2.16. The van der Waals surface area contributed by atoms with Crippen LogP contribution in [0.4, 0.5) is 11.6 Å². The Bertz CT molecular complexity index is 957. The first kappa shape index (κ1) is 20.1. The van der Waals surface area contributed by atoms with Crippen molar-refractivity contribution in [1.82, 2.24) is 10.2 Å². The van der Waals surface area contributed by atoms with E-state index >= 15 is 0 Å². The van der Waals surface area contributed by atoms with Crippen LogP contribution in [0.1, 0.15) is 16.7 Å². The molecule has 2 N–H and O–H groups in total. The van der Waals surface area contributed by atoms with Gasteiger partial charge in [0, 0.05) is 6.54 Å². The van der Waals surface area contributed by atoms with Crippen molar-refractivity contribution in [2.45, 2.75) is 19.9 Å². The molecule has 0 saturated heterocycles. The number of aryl methyl sites for hydroxylation is 1. The normalized spacial score (nSPS) is 10.3. The van der Waals surface area contributed by atoms with E-state index in [1.54, 1.807) is 26.4 Å². The number of carbonyl (C=O) groups excluding carboxylic acids is 1. The average molecular weight is 392 g/mol. The maximum absolute atomic E-state index is 12.2. The van der Waals surface area contributed by atoms with E-state index in [2.05, 4.69) is 20.8 Å². The summed E-state index contributed by atoms with van der Waals surface area (Å²) >= 11 is 0. The van der Waals surface area contributed by atoms with Gasteiger partial charge >= 0.3 is 0 Å². The smallest absolute Gasteiger partial charge is 0.229 e. The number of aromatic nitrogens is 2. The molecule has 0 aliphatic heterocycles. The molecule has 3 aromatic rings. The molecule has 1 heterocycles. The second kappa shape index (κ2) is 9.54. The highest BCUT2D eigenvalue weighted by atomic mass is 16.5. The summed E-state index contributed by atoms with van der Waals surface area (Å²) in [5.74, 6) is 2.25. The van der Waals surface area contributed by atoms with Gasteiger partial charge in [-0.25, -0.2) is 0 Å². The molecule has 0 fully saturated rings. The third kappa shape index (κ3) is 5.68. The van der Waals surface area contributed by atoms with Crippen molar-refractivity contribution < 1.29 is 14.3 Å². The molecular formula is C22H24N4O3. The van der Waals surface area contributed by atoms with Crippen LogP contribution in [0.3, 0.4) is 0 Å². The number of hydrogen-bond donors (Lipinski definition) is 2. The third-order valence-corrected chi connectivity index (χ3v) is 4.34. The SMILES string of the molecule is COc1ccc(CNc2ccc(NC(=O)Cc3ccc(C)cc3)nn2)cc1OC. The fraction of sp³-hybridized carbons (Fsp3) is 0.227. The number of carbonyl (C=O) groups is 1. The van der Waals surface area contributed by atoms with E-state index in [-0.39, 0.29) is 5.91 Å². The standard InChI is InChI=1S/C22H24N4O3/c1-15-4-6-16(7-5-15)13-22(27)24-21-11-10-20(25-26-21)23-14-17-8-9-18(28-2)19(12-17)29-3/h4-12H,13-14H2,1-3H3,(H,23,25)(H,24,26,27). The maximum Gasteiger partial charge on any atom is 0.229 e. The predicted octanol–water partition coefficient (Wildman–Crippen LogP) is 3.60. The maximum atomic E-state index is 12.2. The molecule has 3 rings (SSSR count). The zero-order valence-electron chi connectivity index (χ0n) is 16.7. The molecular weight excluding hydrogens is 368 g/mol. The first-order valence-electron chi connectivity index (χ1n) is 9.21. The molecule has 0 atom stereocenters. The Morgan fingerprint density at radius 2 is 1.52 bits per heavy atom. The molecule has 29 heavy (non-hydrogen) atoms. The molecule has 0 saturated carbocycles. The van der Waals surface area contributed by atoms with Crippen molar-refractivity contribution in [2.75, 3.05) is 24.9 Å². The van der Waals surface area contributed by atoms with Crippen molar-refractivity contribution in [3.05, 3.63) is 71.3 Å². The number of nitrogens with zero attached hydrogens (tertiary/aromatic N) is 2. The van der Waals surface area contributed by atoms with Crippen LogP contribution < -0.4 is 20.1 Å². The van der Waals surface area contributed by atoms with Gasteiger partial charge in [0.15, 0.2) is 17.3 Å². The molecule has 0 aliphatic carbocycles. The van der Waals surface area contributed by atoms with Gasteiger partial charge in [-0.2, -0.15) is 0 Å². The van der Waals surface area contributed by atoms with Crippen LogP contribution in [0.15, 0.2) is 54.6 Å². The number of nitrogens with one attached hydrogen (secondary N) is 2. The minimum absolute atomic E-state index is 0.130. The van der Waals surface area contributed by atoms with E-state index in [1.165, 1.54) is 0 Å². The highest BCUT2D eigenvalue weighted by molar-refractivity contribution is 5.91. The van der Waals surface area contributed by atoms with Gasteiger partial charge in [0.05, 0.1) is 20.6 Å². The first-order valence-corrected chi connectivity index (χ1v) is 9.21. The Morgan fingerprint density at radius 1 is 0.862 bits per heavy atom. The lowest BCUT2D eigenvalue weighted by molar-refractivity contribution is -0.115. The lowest BCUT2D eigenvalue weighted by Gasteiger charge is -2.10. The average Bonchev–Trinajstić information content (AvgIpc) is 2.74. The quantitative estimate of drug-likeness (QED) is 0.609. The Balaban J connectivity index is 1.53. The Morgan fingerprint density at radius 3 is 2.17 bits per heavy atom. The first-order chi connectivity index (χ1) is 14.1. The molecule has 0 spiro atoms. The predicted molar refractivity (Wildman–Crippen MR) is 112 cm³/mol. The van der Waals surface area contributed by atoms with Crippen molar-refractivity contribution in [3.63, 3.8) is 0 Å². The number of amides is 1. The van der Waals surface area contributed by atoms with Gasteiger partial charge in [-0.05, 0) is 42.3 Å². The van der Waals surface area contributed by atoms with Gasteiger partial charge in [-0.1, -0.05) is 35.9 Å². The van der Waals surface area contributed by atoms with Crippen LogP contribution in [0.5, 0.6) is 11.5 Å². The summed E-state index contributed by atoms with van der Waals surface area (Å²) in [5, 5.41) is 14.1. The van der Waals surface area contributed by atoms with Gasteiger partial charge in [-0.3, -0.25) is 4.79 Å². The van der Waals surface area contributed by atoms with Gasteiger partial charge in [0.25, 0.3) is 0 Å². The number of benzene rings is 2. The molecule has 1 amide bonds. The number of ether oxygens (including phenoxy) is 2. The number of rotatable bonds is 8. The largest absolute Gasteiger partial charge is 0.493 e. The van der Waals surface area contributed by atoms with Crippen molar-refractivity contribution in [2.24, 2.45) is 0 Å². The highest BCUT2D eigenvalue weighted by Crippen LogP contribution is 2.27. The topological polar surface area (TPSA) is 85.4 Å². The van der Waals surface area contributed by atoms with Gasteiger partial charge in [0.1, 0.15) is 5.82 Å². The van der Waals surface area contributed by atoms with Crippen molar-refractivity contribution in [1.29, 1.82) is 0 Å². The summed E-state index contributed by atoms with van der Waals surface area (Å²) in [6, 6.07) is 17.1. The molecule has 7 nitrogen and oxygen atoms in total. The van der Waals surface area contributed by atoms with Crippen LogP contribution in [0.2, 0.25) is 0 Å². The molecule has 0 unspecified atom stereocenters. The summed E-state index contributed by atoms with van der Waals surface area (Å²) < 4.78 is 10.5. The molecule has 7 heteroatoms. The fourth-order valence-corrected chi connectivity index (χ4v) is 2.75. The van der Waals surface area contributed by atoms with Crippen molar-refractivity contribution >= 4 is 17.5 Å². The van der Waals surface area contributed by atoms with Crippen LogP contribution in [0.25, 0.3) is 0 Å². The van der Waals surface area contributed by atoms with E-state index in [4.69, 9.17) is 9.47 Å². The summed E-state index contributed by atoms with van der Waals surface area (Å²) in [6.45, 7) is 2.56. The Kier molecular flexibility index (Phi) is 6.63. The van der Waals surface area contributed by atoms with Gasteiger partial charge < -0.3 is 20.1 Å². The monoisotopic (exact) mass is 392 g/mol.